The van der Waals surface area contributed by atoms with E-state index in [4.69, 9.17) is 4.98 Å². The number of carbonyl (C=O) groups excluding carboxylic acids is 1. The molecule has 1 aliphatic rings. The summed E-state index contributed by atoms with van der Waals surface area (Å²) in [5.74, 6) is 0.116. The molecule has 0 N–H and O–H groups in total. The summed E-state index contributed by atoms with van der Waals surface area (Å²) < 4.78 is 14.6. The first-order chi connectivity index (χ1) is 15.3. The zero-order chi connectivity index (χ0) is 22.8. The lowest BCUT2D eigenvalue weighted by Crippen LogP contribution is -2.36. The first-order valence-electron chi connectivity index (χ1n) is 10.4. The van der Waals surface area contributed by atoms with Gasteiger partial charge in [-0.1, -0.05) is 12.1 Å². The smallest absolute Gasteiger partial charge is 0.267 e. The maximum Gasteiger partial charge on any atom is 0.267 e. The van der Waals surface area contributed by atoms with E-state index >= 15 is 0 Å². The monoisotopic (exact) mass is 436 g/mol. The molecule has 3 aromatic rings. The zero-order valence-corrected chi connectivity index (χ0v) is 18.3. The van der Waals surface area contributed by atoms with Gasteiger partial charge in [0.2, 0.25) is 11.9 Å². The number of rotatable bonds is 5. The number of carbonyl (C=O) groups is 1. The molecule has 1 aliphatic heterocycles. The van der Waals surface area contributed by atoms with Gasteiger partial charge in [-0.05, 0) is 37.1 Å². The molecular formula is C23H25FN6O2. The quantitative estimate of drug-likeness (QED) is 0.610. The van der Waals surface area contributed by atoms with Gasteiger partial charge in [-0.15, -0.1) is 0 Å². The van der Waals surface area contributed by atoms with Crippen LogP contribution in [0.25, 0.3) is 11.1 Å². The fraction of sp³-hybridized carbons (Fsp3) is 0.348. The van der Waals surface area contributed by atoms with Gasteiger partial charge in [0.15, 0.2) is 0 Å². The predicted octanol–water partition coefficient (Wildman–Crippen LogP) is 2.23. The lowest BCUT2D eigenvalue weighted by molar-refractivity contribution is -0.131. The lowest BCUT2D eigenvalue weighted by atomic mass is 9.96. The van der Waals surface area contributed by atoms with Crippen molar-refractivity contribution < 1.29 is 9.18 Å². The molecule has 0 saturated carbocycles. The molecule has 1 amide bonds. The molecule has 0 spiro atoms. The highest BCUT2D eigenvalue weighted by Crippen LogP contribution is 2.34. The molecular weight excluding hydrogens is 411 g/mol. The van der Waals surface area contributed by atoms with Crippen molar-refractivity contribution in [3.05, 3.63) is 70.2 Å². The summed E-state index contributed by atoms with van der Waals surface area (Å²) in [5, 5.41) is 4.15. The van der Waals surface area contributed by atoms with Gasteiger partial charge >= 0.3 is 0 Å². The van der Waals surface area contributed by atoms with E-state index in [1.54, 1.807) is 36.2 Å². The molecule has 0 aliphatic carbocycles. The molecule has 1 aromatic carbocycles. The largest absolute Gasteiger partial charge is 0.347 e. The third-order valence-electron chi connectivity index (χ3n) is 5.57. The fourth-order valence-electron chi connectivity index (χ4n) is 3.87. The van der Waals surface area contributed by atoms with Crippen molar-refractivity contribution in [2.45, 2.75) is 25.8 Å². The van der Waals surface area contributed by atoms with Gasteiger partial charge in [-0.25, -0.2) is 19.0 Å². The van der Waals surface area contributed by atoms with Crippen LogP contribution in [0.15, 0.2) is 47.4 Å². The number of aromatic nitrogens is 4. The van der Waals surface area contributed by atoms with Crippen LogP contribution in [0.4, 0.5) is 10.3 Å². The first kappa shape index (κ1) is 21.6. The van der Waals surface area contributed by atoms with Gasteiger partial charge in [0.25, 0.3) is 5.56 Å². The van der Waals surface area contributed by atoms with Crippen LogP contribution in [0.2, 0.25) is 0 Å². The zero-order valence-electron chi connectivity index (χ0n) is 18.3. The average Bonchev–Trinajstić information content (AvgIpc) is 3.27. The van der Waals surface area contributed by atoms with Crippen LogP contribution in [0, 0.1) is 12.7 Å². The van der Waals surface area contributed by atoms with E-state index in [1.807, 2.05) is 19.0 Å². The number of anilines is 1. The van der Waals surface area contributed by atoms with E-state index in [9.17, 15) is 14.0 Å². The summed E-state index contributed by atoms with van der Waals surface area (Å²) >= 11 is 0. The SMILES string of the molecule is Cc1ccc(=O)n(CC(=O)N2CC[C@H](c3nc(N(C)C)ncc3-c3ccc(F)cc3)C2)n1. The molecule has 0 unspecified atom stereocenters. The number of amides is 1. The molecule has 1 atom stereocenters. The minimum absolute atomic E-state index is 0.00268. The molecule has 8 nitrogen and oxygen atoms in total. The minimum atomic E-state index is -0.307. The minimum Gasteiger partial charge on any atom is -0.347 e. The third-order valence-corrected chi connectivity index (χ3v) is 5.57. The molecule has 1 fully saturated rings. The van der Waals surface area contributed by atoms with Crippen molar-refractivity contribution in [2.24, 2.45) is 0 Å². The number of aryl methyl sites for hydroxylation is 1. The number of likely N-dealkylation sites (tertiary alicyclic amines) is 1. The number of hydrogen-bond donors (Lipinski definition) is 0. The van der Waals surface area contributed by atoms with E-state index in [2.05, 4.69) is 10.1 Å². The lowest BCUT2D eigenvalue weighted by Gasteiger charge is -2.20. The maximum atomic E-state index is 13.4. The molecule has 3 heterocycles. The van der Waals surface area contributed by atoms with Gasteiger partial charge < -0.3 is 9.80 Å². The second-order valence-electron chi connectivity index (χ2n) is 8.17. The second kappa shape index (κ2) is 8.86. The molecule has 2 aromatic heterocycles. The van der Waals surface area contributed by atoms with Gasteiger partial charge in [-0.2, -0.15) is 5.10 Å². The Bertz CT molecular complexity index is 1190. The van der Waals surface area contributed by atoms with Crippen molar-refractivity contribution in [1.29, 1.82) is 0 Å². The number of benzene rings is 1. The Kier molecular flexibility index (Phi) is 5.98. The van der Waals surface area contributed by atoms with Crippen LogP contribution in [-0.4, -0.2) is 57.7 Å². The summed E-state index contributed by atoms with van der Waals surface area (Å²) in [6.45, 7) is 2.73. The first-order valence-corrected chi connectivity index (χ1v) is 10.4. The molecule has 0 bridgehead atoms. The number of hydrogen-bond acceptors (Lipinski definition) is 6. The topological polar surface area (TPSA) is 84.2 Å². The van der Waals surface area contributed by atoms with Crippen molar-refractivity contribution in [3.8, 4) is 11.1 Å². The van der Waals surface area contributed by atoms with E-state index < -0.39 is 0 Å². The Hall–Kier alpha value is -3.62. The van der Waals surface area contributed by atoms with Crippen LogP contribution in [0.1, 0.15) is 23.7 Å². The van der Waals surface area contributed by atoms with E-state index in [1.165, 1.54) is 22.9 Å². The van der Waals surface area contributed by atoms with Crippen LogP contribution in [0.5, 0.6) is 0 Å². The van der Waals surface area contributed by atoms with Crippen molar-refractivity contribution >= 4 is 11.9 Å². The number of halogens is 1. The highest BCUT2D eigenvalue weighted by Gasteiger charge is 2.31. The Labute approximate surface area is 185 Å². The summed E-state index contributed by atoms with van der Waals surface area (Å²) in [4.78, 5) is 37.7. The molecule has 32 heavy (non-hydrogen) atoms. The van der Waals surface area contributed by atoms with Crippen molar-refractivity contribution in [2.75, 3.05) is 32.1 Å². The molecule has 0 radical (unpaired) electrons. The highest BCUT2D eigenvalue weighted by atomic mass is 19.1. The normalized spacial score (nSPS) is 15.8. The molecule has 9 heteroatoms. The second-order valence-corrected chi connectivity index (χ2v) is 8.17. The van der Waals surface area contributed by atoms with Crippen LogP contribution < -0.4 is 10.5 Å². The van der Waals surface area contributed by atoms with E-state index in [0.717, 1.165) is 23.2 Å². The fourth-order valence-corrected chi connectivity index (χ4v) is 3.87. The molecule has 1 saturated heterocycles. The van der Waals surface area contributed by atoms with E-state index in [-0.39, 0.29) is 29.7 Å². The van der Waals surface area contributed by atoms with Gasteiger partial charge in [0.05, 0.1) is 11.4 Å². The van der Waals surface area contributed by atoms with Gasteiger partial charge in [-0.3, -0.25) is 9.59 Å². The Morgan fingerprint density at radius 1 is 1.19 bits per heavy atom. The summed E-state index contributed by atoms with van der Waals surface area (Å²) in [6, 6.07) is 9.29. The maximum absolute atomic E-state index is 13.4. The van der Waals surface area contributed by atoms with Gasteiger partial charge in [0.1, 0.15) is 12.4 Å². The summed E-state index contributed by atoms with van der Waals surface area (Å²) in [6.07, 6.45) is 2.49. The predicted molar refractivity (Wildman–Crippen MR) is 119 cm³/mol. The Morgan fingerprint density at radius 2 is 1.94 bits per heavy atom. The van der Waals surface area contributed by atoms with Crippen molar-refractivity contribution in [1.82, 2.24) is 24.6 Å². The summed E-state index contributed by atoms with van der Waals surface area (Å²) in [5.41, 5.74) is 2.86. The van der Waals surface area contributed by atoms with Gasteiger partial charge in [0, 0.05) is 50.9 Å². The van der Waals surface area contributed by atoms with Crippen LogP contribution in [0.3, 0.4) is 0 Å². The standard InChI is InChI=1S/C23H25FN6O2/c1-15-4-9-20(31)30(27-15)14-21(32)29-11-10-17(13-29)22-19(12-25-23(26-22)28(2)3)16-5-7-18(24)8-6-16/h4-9,12,17H,10-11,13-14H2,1-3H3/t17-/m0/s1. The van der Waals surface area contributed by atoms with E-state index in [0.29, 0.717) is 24.7 Å². The third kappa shape index (κ3) is 4.51. The summed E-state index contributed by atoms with van der Waals surface area (Å²) in [7, 11) is 3.74. The Morgan fingerprint density at radius 3 is 2.66 bits per heavy atom. The average molecular weight is 436 g/mol. The van der Waals surface area contributed by atoms with Crippen molar-refractivity contribution in [3.63, 3.8) is 0 Å². The molecule has 4 rings (SSSR count). The number of nitrogens with zero attached hydrogens (tertiary/aromatic N) is 6. The molecule has 166 valence electrons. The van der Waals surface area contributed by atoms with Crippen LogP contribution >= 0.6 is 0 Å². The Balaban J connectivity index is 1.59. The van der Waals surface area contributed by atoms with Crippen LogP contribution in [-0.2, 0) is 11.3 Å². The highest BCUT2D eigenvalue weighted by molar-refractivity contribution is 5.76.